The number of anilines is 2. The molecule has 0 unspecified atom stereocenters. The Bertz CT molecular complexity index is 1120. The fourth-order valence-electron chi connectivity index (χ4n) is 3.36. The first kappa shape index (κ1) is 23.3. The molecule has 2 N–H and O–H groups in total. The molecule has 0 fully saturated rings. The summed E-state index contributed by atoms with van der Waals surface area (Å²) in [6, 6.07) is 11.2. The highest BCUT2D eigenvalue weighted by Gasteiger charge is 2.15. The third-order valence-electron chi connectivity index (χ3n) is 4.87. The van der Waals surface area contributed by atoms with Crippen LogP contribution in [0.2, 0.25) is 0 Å². The first-order valence-electron chi connectivity index (χ1n) is 10.1. The predicted octanol–water partition coefficient (Wildman–Crippen LogP) is 3.66. The minimum atomic E-state index is -0.214. The Morgan fingerprint density at radius 2 is 1.75 bits per heavy atom. The first-order chi connectivity index (χ1) is 15.3. The minimum absolute atomic E-state index is 0.0647. The van der Waals surface area contributed by atoms with Gasteiger partial charge in [-0.15, -0.1) is 10.2 Å². The molecule has 8 nitrogen and oxygen atoms in total. The monoisotopic (exact) mass is 453 g/mol. The lowest BCUT2D eigenvalue weighted by Crippen LogP contribution is -2.17. The van der Waals surface area contributed by atoms with Gasteiger partial charge in [0.15, 0.2) is 5.16 Å². The molecule has 0 bridgehead atoms. The van der Waals surface area contributed by atoms with Crippen LogP contribution in [0.5, 0.6) is 5.75 Å². The van der Waals surface area contributed by atoms with E-state index in [4.69, 9.17) is 4.74 Å². The van der Waals surface area contributed by atoms with Crippen LogP contribution in [0.3, 0.4) is 0 Å². The van der Waals surface area contributed by atoms with Gasteiger partial charge in [-0.25, -0.2) is 0 Å². The number of aromatic nitrogens is 3. The summed E-state index contributed by atoms with van der Waals surface area (Å²) in [4.78, 5) is 24.9. The van der Waals surface area contributed by atoms with Crippen LogP contribution in [0.15, 0.2) is 41.6 Å². The van der Waals surface area contributed by atoms with E-state index < -0.39 is 0 Å². The van der Waals surface area contributed by atoms with E-state index >= 15 is 0 Å². The maximum atomic E-state index is 12.5. The average Bonchev–Trinajstić information content (AvgIpc) is 3.08. The number of carbonyl (C=O) groups excluding carboxylic acids is 2. The van der Waals surface area contributed by atoms with Crippen LogP contribution in [-0.4, -0.2) is 39.4 Å². The molecule has 0 aliphatic heterocycles. The normalized spacial score (nSPS) is 10.7. The fraction of sp³-hybridized carbons (Fsp3) is 0.304. The van der Waals surface area contributed by atoms with Crippen molar-refractivity contribution in [3.63, 3.8) is 0 Å². The SMILES string of the molecule is COc1cccc(NC(=O)Cc2nnc(SCC(=O)Nc3c(C)cc(C)cc3C)n2C)c1. The number of methoxy groups -OCH3 is 1. The zero-order chi connectivity index (χ0) is 23.3. The van der Waals surface area contributed by atoms with Crippen molar-refractivity contribution in [3.05, 3.63) is 58.9 Å². The van der Waals surface area contributed by atoms with E-state index in [1.165, 1.54) is 11.8 Å². The maximum Gasteiger partial charge on any atom is 0.234 e. The van der Waals surface area contributed by atoms with E-state index in [-0.39, 0.29) is 24.0 Å². The molecule has 168 valence electrons. The van der Waals surface area contributed by atoms with Gasteiger partial charge >= 0.3 is 0 Å². The highest BCUT2D eigenvalue weighted by atomic mass is 32.2. The second-order valence-corrected chi connectivity index (χ2v) is 8.47. The van der Waals surface area contributed by atoms with Gasteiger partial charge in [0.1, 0.15) is 11.6 Å². The summed E-state index contributed by atoms with van der Waals surface area (Å²) >= 11 is 1.28. The van der Waals surface area contributed by atoms with Gasteiger partial charge in [-0.3, -0.25) is 9.59 Å². The van der Waals surface area contributed by atoms with E-state index in [0.717, 1.165) is 22.4 Å². The van der Waals surface area contributed by atoms with Crippen molar-refractivity contribution < 1.29 is 14.3 Å². The van der Waals surface area contributed by atoms with Gasteiger partial charge < -0.3 is 19.9 Å². The highest BCUT2D eigenvalue weighted by Crippen LogP contribution is 2.23. The van der Waals surface area contributed by atoms with Gasteiger partial charge in [0.05, 0.1) is 19.3 Å². The molecule has 2 aromatic carbocycles. The lowest BCUT2D eigenvalue weighted by molar-refractivity contribution is -0.116. The van der Waals surface area contributed by atoms with E-state index in [1.54, 1.807) is 43.0 Å². The molecule has 2 amide bonds. The fourth-order valence-corrected chi connectivity index (χ4v) is 4.09. The number of hydrogen-bond donors (Lipinski definition) is 2. The molecular weight excluding hydrogens is 426 g/mol. The minimum Gasteiger partial charge on any atom is -0.497 e. The average molecular weight is 454 g/mol. The number of amides is 2. The lowest BCUT2D eigenvalue weighted by Gasteiger charge is -2.12. The number of carbonyl (C=O) groups is 2. The third kappa shape index (κ3) is 5.88. The number of rotatable bonds is 8. The highest BCUT2D eigenvalue weighted by molar-refractivity contribution is 7.99. The number of nitrogens with one attached hydrogen (secondary N) is 2. The summed E-state index contributed by atoms with van der Waals surface area (Å²) in [5, 5.41) is 14.6. The van der Waals surface area contributed by atoms with Crippen LogP contribution < -0.4 is 15.4 Å². The molecule has 0 saturated heterocycles. The molecule has 3 aromatic rings. The van der Waals surface area contributed by atoms with E-state index in [0.29, 0.717) is 22.4 Å². The zero-order valence-electron chi connectivity index (χ0n) is 18.9. The predicted molar refractivity (Wildman–Crippen MR) is 126 cm³/mol. The van der Waals surface area contributed by atoms with Crippen molar-refractivity contribution in [2.24, 2.45) is 7.05 Å². The molecule has 32 heavy (non-hydrogen) atoms. The molecule has 0 atom stereocenters. The van der Waals surface area contributed by atoms with Crippen molar-refractivity contribution in [1.82, 2.24) is 14.8 Å². The maximum absolute atomic E-state index is 12.5. The molecule has 0 saturated carbocycles. The molecule has 9 heteroatoms. The van der Waals surface area contributed by atoms with Gasteiger partial charge in [-0.1, -0.05) is 35.5 Å². The molecule has 0 radical (unpaired) electrons. The van der Waals surface area contributed by atoms with Crippen LogP contribution in [0.25, 0.3) is 0 Å². The molecule has 1 heterocycles. The third-order valence-corrected chi connectivity index (χ3v) is 5.89. The van der Waals surface area contributed by atoms with Crippen LogP contribution in [0.4, 0.5) is 11.4 Å². The number of thioether (sulfide) groups is 1. The molecule has 0 aliphatic carbocycles. The molecule has 0 spiro atoms. The largest absolute Gasteiger partial charge is 0.497 e. The molecule has 3 rings (SSSR count). The standard InChI is InChI=1S/C23H27N5O3S/c1-14-9-15(2)22(16(3)10-14)25-21(30)13-32-23-27-26-19(28(23)4)12-20(29)24-17-7-6-8-18(11-17)31-5/h6-11H,12-13H2,1-5H3,(H,24,29)(H,25,30). The summed E-state index contributed by atoms with van der Waals surface area (Å²) in [6.07, 6.45) is 0.0647. The Kier molecular flexibility index (Phi) is 7.53. The van der Waals surface area contributed by atoms with Crippen LogP contribution in [-0.2, 0) is 23.1 Å². The number of benzene rings is 2. The summed E-state index contributed by atoms with van der Waals surface area (Å²) in [6.45, 7) is 5.99. The number of nitrogens with zero attached hydrogens (tertiary/aromatic N) is 3. The Balaban J connectivity index is 1.56. The molecule has 1 aromatic heterocycles. The van der Waals surface area contributed by atoms with Gasteiger partial charge in [0, 0.05) is 24.5 Å². The summed E-state index contributed by atoms with van der Waals surface area (Å²) in [5.74, 6) is 1.03. The van der Waals surface area contributed by atoms with Gasteiger partial charge in [0.2, 0.25) is 11.8 Å². The Hall–Kier alpha value is -3.33. The van der Waals surface area contributed by atoms with E-state index in [1.807, 2.05) is 32.9 Å². The number of hydrogen-bond acceptors (Lipinski definition) is 6. The van der Waals surface area contributed by atoms with Crippen molar-refractivity contribution in [2.45, 2.75) is 32.3 Å². The second kappa shape index (κ2) is 10.3. The van der Waals surface area contributed by atoms with Crippen LogP contribution >= 0.6 is 11.8 Å². The Morgan fingerprint density at radius 3 is 2.44 bits per heavy atom. The van der Waals surface area contributed by atoms with E-state index in [9.17, 15) is 9.59 Å². The van der Waals surface area contributed by atoms with Crippen molar-refractivity contribution in [2.75, 3.05) is 23.5 Å². The summed E-state index contributed by atoms with van der Waals surface area (Å²) < 4.78 is 6.89. The Labute approximate surface area is 191 Å². The van der Waals surface area contributed by atoms with Gasteiger partial charge in [0.25, 0.3) is 0 Å². The lowest BCUT2D eigenvalue weighted by atomic mass is 10.1. The first-order valence-corrected chi connectivity index (χ1v) is 11.1. The van der Waals surface area contributed by atoms with E-state index in [2.05, 4.69) is 20.8 Å². The van der Waals surface area contributed by atoms with Crippen LogP contribution in [0.1, 0.15) is 22.5 Å². The summed E-state index contributed by atoms with van der Waals surface area (Å²) in [7, 11) is 3.35. The summed E-state index contributed by atoms with van der Waals surface area (Å²) in [5.41, 5.74) is 4.71. The van der Waals surface area contributed by atoms with Crippen molar-refractivity contribution in [3.8, 4) is 5.75 Å². The van der Waals surface area contributed by atoms with Crippen LogP contribution in [0, 0.1) is 20.8 Å². The molecular formula is C23H27N5O3S. The van der Waals surface area contributed by atoms with Crippen molar-refractivity contribution in [1.29, 1.82) is 0 Å². The van der Waals surface area contributed by atoms with Gasteiger partial charge in [-0.2, -0.15) is 0 Å². The Morgan fingerprint density at radius 1 is 1.03 bits per heavy atom. The second-order valence-electron chi connectivity index (χ2n) is 7.53. The zero-order valence-corrected chi connectivity index (χ0v) is 19.7. The smallest absolute Gasteiger partial charge is 0.234 e. The number of ether oxygens (including phenoxy) is 1. The quantitative estimate of drug-likeness (QED) is 0.505. The topological polar surface area (TPSA) is 98.1 Å². The van der Waals surface area contributed by atoms with Gasteiger partial charge in [-0.05, 0) is 44.0 Å². The van der Waals surface area contributed by atoms with Crippen molar-refractivity contribution >= 4 is 35.0 Å². The molecule has 0 aliphatic rings. The number of aryl methyl sites for hydroxylation is 3.